The highest BCUT2D eigenvalue weighted by molar-refractivity contribution is 5.32. The summed E-state index contributed by atoms with van der Waals surface area (Å²) >= 11 is 0. The highest BCUT2D eigenvalue weighted by Crippen LogP contribution is 2.29. The van der Waals surface area contributed by atoms with E-state index in [-0.39, 0.29) is 5.92 Å². The second-order valence-corrected chi connectivity index (χ2v) is 4.17. The molecule has 0 fully saturated rings. The van der Waals surface area contributed by atoms with E-state index in [0.29, 0.717) is 12.1 Å². The van der Waals surface area contributed by atoms with E-state index < -0.39 is 11.9 Å². The van der Waals surface area contributed by atoms with Gasteiger partial charge in [-0.2, -0.15) is 13.2 Å². The summed E-state index contributed by atoms with van der Waals surface area (Å²) in [5.41, 5.74) is 6.47. The Balaban J connectivity index is 2.30. The van der Waals surface area contributed by atoms with Gasteiger partial charge in [0.25, 0.3) is 0 Å². The standard InChI is InChI=1S/C14H13F3N2/c15-14(16,17)13-7-6-11(9-19-13)12(8-18)10-4-2-1-3-5-10/h1-7,9,12H,8,18H2. The predicted molar refractivity (Wildman–Crippen MR) is 66.6 cm³/mol. The van der Waals surface area contributed by atoms with Gasteiger partial charge in [0, 0.05) is 18.7 Å². The van der Waals surface area contributed by atoms with Gasteiger partial charge >= 0.3 is 6.18 Å². The number of nitrogens with two attached hydrogens (primary N) is 1. The van der Waals surface area contributed by atoms with E-state index in [0.717, 1.165) is 11.6 Å². The first-order chi connectivity index (χ1) is 9.02. The Morgan fingerprint density at radius 3 is 2.16 bits per heavy atom. The van der Waals surface area contributed by atoms with Crippen molar-refractivity contribution >= 4 is 0 Å². The summed E-state index contributed by atoms with van der Waals surface area (Å²) < 4.78 is 37.3. The third-order valence-electron chi connectivity index (χ3n) is 2.92. The number of hydrogen-bond acceptors (Lipinski definition) is 2. The second kappa shape index (κ2) is 5.40. The van der Waals surface area contributed by atoms with Crippen LogP contribution in [0, 0.1) is 0 Å². The molecule has 0 radical (unpaired) electrons. The van der Waals surface area contributed by atoms with Crippen LogP contribution >= 0.6 is 0 Å². The molecule has 0 aliphatic rings. The first kappa shape index (κ1) is 13.5. The van der Waals surface area contributed by atoms with E-state index >= 15 is 0 Å². The summed E-state index contributed by atoms with van der Waals surface area (Å²) in [6.45, 7) is 0.317. The molecule has 1 heterocycles. The van der Waals surface area contributed by atoms with Crippen molar-refractivity contribution in [3.05, 3.63) is 65.5 Å². The van der Waals surface area contributed by atoms with Gasteiger partial charge in [-0.3, -0.25) is 4.98 Å². The van der Waals surface area contributed by atoms with Crippen LogP contribution in [-0.4, -0.2) is 11.5 Å². The lowest BCUT2D eigenvalue weighted by molar-refractivity contribution is -0.141. The first-order valence-electron chi connectivity index (χ1n) is 5.80. The molecule has 0 aliphatic heterocycles. The Labute approximate surface area is 109 Å². The highest BCUT2D eigenvalue weighted by Gasteiger charge is 2.32. The topological polar surface area (TPSA) is 38.9 Å². The van der Waals surface area contributed by atoms with E-state index in [1.54, 1.807) is 0 Å². The number of nitrogens with zero attached hydrogens (tertiary/aromatic N) is 1. The van der Waals surface area contributed by atoms with Crippen LogP contribution in [0.2, 0.25) is 0 Å². The van der Waals surface area contributed by atoms with Crippen LogP contribution in [0.4, 0.5) is 13.2 Å². The lowest BCUT2D eigenvalue weighted by Gasteiger charge is -2.16. The molecule has 0 bridgehead atoms. The monoisotopic (exact) mass is 266 g/mol. The van der Waals surface area contributed by atoms with Gasteiger partial charge in [0.15, 0.2) is 0 Å². The van der Waals surface area contributed by atoms with Gasteiger partial charge < -0.3 is 5.73 Å². The molecule has 2 aromatic rings. The molecule has 2 N–H and O–H groups in total. The molecule has 1 unspecified atom stereocenters. The SMILES string of the molecule is NCC(c1ccccc1)c1ccc(C(F)(F)F)nc1. The Morgan fingerprint density at radius 2 is 1.68 bits per heavy atom. The Hall–Kier alpha value is -1.88. The van der Waals surface area contributed by atoms with Gasteiger partial charge in [-0.15, -0.1) is 0 Å². The van der Waals surface area contributed by atoms with Crippen molar-refractivity contribution in [2.75, 3.05) is 6.54 Å². The highest BCUT2D eigenvalue weighted by atomic mass is 19.4. The summed E-state index contributed by atoms with van der Waals surface area (Å²) in [6.07, 6.45) is -3.17. The molecule has 0 saturated heterocycles. The van der Waals surface area contributed by atoms with Crippen molar-refractivity contribution in [2.45, 2.75) is 12.1 Å². The van der Waals surface area contributed by atoms with Gasteiger partial charge in [0.1, 0.15) is 5.69 Å². The molecule has 1 aromatic carbocycles. The van der Waals surface area contributed by atoms with Gasteiger partial charge in [-0.1, -0.05) is 36.4 Å². The summed E-state index contributed by atoms with van der Waals surface area (Å²) in [5.74, 6) is -0.143. The minimum atomic E-state index is -4.41. The fraction of sp³-hybridized carbons (Fsp3) is 0.214. The lowest BCUT2D eigenvalue weighted by atomic mass is 9.92. The molecule has 0 amide bonds. The fourth-order valence-electron chi connectivity index (χ4n) is 1.93. The van der Waals surface area contributed by atoms with Gasteiger partial charge in [0.2, 0.25) is 0 Å². The summed E-state index contributed by atoms with van der Waals surface area (Å²) in [6, 6.07) is 11.8. The molecule has 1 atom stereocenters. The molecule has 0 saturated carbocycles. The van der Waals surface area contributed by atoms with Crippen LogP contribution in [0.15, 0.2) is 48.7 Å². The average Bonchev–Trinajstić information content (AvgIpc) is 2.40. The van der Waals surface area contributed by atoms with Crippen LogP contribution in [0.3, 0.4) is 0 Å². The summed E-state index contributed by atoms with van der Waals surface area (Å²) in [5, 5.41) is 0. The minimum absolute atomic E-state index is 0.143. The number of benzene rings is 1. The molecule has 1 aromatic heterocycles. The summed E-state index contributed by atoms with van der Waals surface area (Å²) in [7, 11) is 0. The molecule has 2 nitrogen and oxygen atoms in total. The number of alkyl halides is 3. The van der Waals surface area contributed by atoms with Crippen molar-refractivity contribution in [3.8, 4) is 0 Å². The van der Waals surface area contributed by atoms with E-state index in [1.165, 1.54) is 12.3 Å². The molecule has 2 rings (SSSR count). The molecule has 5 heteroatoms. The van der Waals surface area contributed by atoms with Crippen LogP contribution < -0.4 is 5.73 Å². The van der Waals surface area contributed by atoms with E-state index in [4.69, 9.17) is 5.73 Å². The maximum Gasteiger partial charge on any atom is 0.433 e. The first-order valence-corrected chi connectivity index (χ1v) is 5.80. The van der Waals surface area contributed by atoms with Crippen molar-refractivity contribution < 1.29 is 13.2 Å². The van der Waals surface area contributed by atoms with Crippen molar-refractivity contribution in [2.24, 2.45) is 5.73 Å². The molecular formula is C14H13F3N2. The number of halogens is 3. The van der Waals surface area contributed by atoms with Crippen LogP contribution in [0.5, 0.6) is 0 Å². The number of rotatable bonds is 3. The minimum Gasteiger partial charge on any atom is -0.330 e. The van der Waals surface area contributed by atoms with Crippen LogP contribution in [0.1, 0.15) is 22.7 Å². The molecule has 100 valence electrons. The van der Waals surface area contributed by atoms with E-state index in [2.05, 4.69) is 4.98 Å². The van der Waals surface area contributed by atoms with Crippen molar-refractivity contribution in [1.29, 1.82) is 0 Å². The third kappa shape index (κ3) is 3.12. The zero-order valence-electron chi connectivity index (χ0n) is 10.1. The van der Waals surface area contributed by atoms with Gasteiger partial charge in [-0.25, -0.2) is 0 Å². The Bertz CT molecular complexity index is 521. The normalized spacial score (nSPS) is 13.3. The maximum atomic E-state index is 12.4. The largest absolute Gasteiger partial charge is 0.433 e. The lowest BCUT2D eigenvalue weighted by Crippen LogP contribution is -2.15. The fourth-order valence-corrected chi connectivity index (χ4v) is 1.93. The molecule has 0 spiro atoms. The van der Waals surface area contributed by atoms with E-state index in [1.807, 2.05) is 30.3 Å². The maximum absolute atomic E-state index is 12.4. The molecule has 19 heavy (non-hydrogen) atoms. The molecule has 0 aliphatic carbocycles. The van der Waals surface area contributed by atoms with Crippen molar-refractivity contribution in [3.63, 3.8) is 0 Å². The quantitative estimate of drug-likeness (QED) is 0.926. The Morgan fingerprint density at radius 1 is 1.00 bits per heavy atom. The number of hydrogen-bond donors (Lipinski definition) is 1. The number of pyridine rings is 1. The second-order valence-electron chi connectivity index (χ2n) is 4.17. The number of aromatic nitrogens is 1. The van der Waals surface area contributed by atoms with Crippen LogP contribution in [-0.2, 0) is 6.18 Å². The van der Waals surface area contributed by atoms with Crippen LogP contribution in [0.25, 0.3) is 0 Å². The average molecular weight is 266 g/mol. The van der Waals surface area contributed by atoms with Gasteiger partial charge in [-0.05, 0) is 17.2 Å². The van der Waals surface area contributed by atoms with Crippen molar-refractivity contribution in [1.82, 2.24) is 4.98 Å². The zero-order valence-corrected chi connectivity index (χ0v) is 10.1. The summed E-state index contributed by atoms with van der Waals surface area (Å²) in [4.78, 5) is 3.46. The zero-order chi connectivity index (χ0) is 13.9. The smallest absolute Gasteiger partial charge is 0.330 e. The van der Waals surface area contributed by atoms with Gasteiger partial charge in [0.05, 0.1) is 0 Å². The predicted octanol–water partition coefficient (Wildman–Crippen LogP) is 3.19. The van der Waals surface area contributed by atoms with E-state index in [9.17, 15) is 13.2 Å². The molecular weight excluding hydrogens is 253 g/mol. The Kier molecular flexibility index (Phi) is 3.85. The third-order valence-corrected chi connectivity index (χ3v) is 2.92.